The summed E-state index contributed by atoms with van der Waals surface area (Å²) in [6, 6.07) is 0. The molecular formula is C15H25N3O5. The number of carboxylic acids is 1. The van der Waals surface area contributed by atoms with Crippen molar-refractivity contribution in [1.82, 2.24) is 14.7 Å². The zero-order valence-corrected chi connectivity index (χ0v) is 13.8. The van der Waals surface area contributed by atoms with Crippen molar-refractivity contribution in [3.63, 3.8) is 0 Å². The number of ether oxygens (including phenoxy) is 1. The fourth-order valence-corrected chi connectivity index (χ4v) is 3.41. The highest BCUT2D eigenvalue weighted by molar-refractivity contribution is 5.83. The largest absolute Gasteiger partial charge is 0.480 e. The van der Waals surface area contributed by atoms with E-state index in [2.05, 4.69) is 0 Å². The van der Waals surface area contributed by atoms with Crippen LogP contribution < -0.4 is 0 Å². The molecule has 0 radical (unpaired) electrons. The van der Waals surface area contributed by atoms with Crippen molar-refractivity contribution in [3.8, 4) is 0 Å². The van der Waals surface area contributed by atoms with Gasteiger partial charge in [-0.2, -0.15) is 0 Å². The summed E-state index contributed by atoms with van der Waals surface area (Å²) in [4.78, 5) is 40.7. The molecule has 8 nitrogen and oxygen atoms in total. The number of carboxylic acid groups (broad SMARTS) is 1. The predicted octanol–water partition coefficient (Wildman–Crippen LogP) is -0.757. The van der Waals surface area contributed by atoms with Gasteiger partial charge in [0.25, 0.3) is 0 Å². The van der Waals surface area contributed by atoms with Gasteiger partial charge in [-0.05, 0) is 19.4 Å². The van der Waals surface area contributed by atoms with Crippen molar-refractivity contribution < 1.29 is 24.2 Å². The highest BCUT2D eigenvalue weighted by atomic mass is 16.5. The SMILES string of the molecule is COCC1(C(=O)O)CCCN1CC(=O)N1CCN(C(C)=O)CC1. The quantitative estimate of drug-likeness (QED) is 0.714. The summed E-state index contributed by atoms with van der Waals surface area (Å²) in [5, 5.41) is 9.59. The van der Waals surface area contributed by atoms with Crippen LogP contribution in [0.4, 0.5) is 0 Å². The third kappa shape index (κ3) is 3.64. The Bertz CT molecular complexity index is 476. The number of likely N-dealkylation sites (tertiary alicyclic amines) is 1. The molecule has 1 unspecified atom stereocenters. The lowest BCUT2D eigenvalue weighted by Gasteiger charge is -2.37. The van der Waals surface area contributed by atoms with Gasteiger partial charge in [0.15, 0.2) is 0 Å². The standard InChI is InChI=1S/C15H25N3O5/c1-12(19)16-6-8-17(9-7-16)13(20)10-18-5-3-4-15(18,11-23-2)14(21)22/h3-11H2,1-2H3,(H,21,22). The lowest BCUT2D eigenvalue weighted by atomic mass is 9.97. The molecule has 2 fully saturated rings. The predicted molar refractivity (Wildman–Crippen MR) is 81.9 cm³/mol. The molecule has 0 spiro atoms. The monoisotopic (exact) mass is 327 g/mol. The van der Waals surface area contributed by atoms with E-state index in [1.807, 2.05) is 0 Å². The second-order valence-corrected chi connectivity index (χ2v) is 6.18. The zero-order chi connectivity index (χ0) is 17.0. The van der Waals surface area contributed by atoms with Crippen LogP contribution in [0.3, 0.4) is 0 Å². The normalized spacial score (nSPS) is 25.7. The van der Waals surface area contributed by atoms with Crippen LogP contribution in [0.15, 0.2) is 0 Å². The average Bonchev–Trinajstić information content (AvgIpc) is 2.91. The maximum Gasteiger partial charge on any atom is 0.326 e. The van der Waals surface area contributed by atoms with Crippen LogP contribution in [0.5, 0.6) is 0 Å². The smallest absolute Gasteiger partial charge is 0.326 e. The molecule has 2 aliphatic rings. The summed E-state index contributed by atoms with van der Waals surface area (Å²) in [6.45, 7) is 4.31. The van der Waals surface area contributed by atoms with E-state index >= 15 is 0 Å². The number of hydrogen-bond donors (Lipinski definition) is 1. The molecule has 23 heavy (non-hydrogen) atoms. The summed E-state index contributed by atoms with van der Waals surface area (Å²) in [5.74, 6) is -1.01. The molecule has 0 aliphatic carbocycles. The Kier molecular flexibility index (Phi) is 5.59. The lowest BCUT2D eigenvalue weighted by Crippen LogP contribution is -2.58. The van der Waals surface area contributed by atoms with Crippen LogP contribution in [0.25, 0.3) is 0 Å². The van der Waals surface area contributed by atoms with E-state index in [4.69, 9.17) is 4.74 Å². The third-order valence-electron chi connectivity index (χ3n) is 4.81. The molecule has 0 aromatic heterocycles. The fraction of sp³-hybridized carbons (Fsp3) is 0.800. The summed E-state index contributed by atoms with van der Waals surface area (Å²) in [5.41, 5.74) is -1.11. The molecule has 8 heteroatoms. The Labute approximate surface area is 136 Å². The van der Waals surface area contributed by atoms with Crippen molar-refractivity contribution >= 4 is 17.8 Å². The number of aliphatic carboxylic acids is 1. The molecule has 0 saturated carbocycles. The first kappa shape index (κ1) is 17.7. The number of rotatable bonds is 5. The number of methoxy groups -OCH3 is 1. The Morgan fingerprint density at radius 1 is 1.09 bits per heavy atom. The molecule has 2 aliphatic heterocycles. The minimum absolute atomic E-state index is 0.0154. The number of nitrogens with zero attached hydrogens (tertiary/aromatic N) is 3. The van der Waals surface area contributed by atoms with Crippen molar-refractivity contribution in [1.29, 1.82) is 0 Å². The molecule has 130 valence electrons. The van der Waals surface area contributed by atoms with Crippen LogP contribution in [-0.2, 0) is 19.1 Å². The molecule has 1 N–H and O–H groups in total. The Balaban J connectivity index is 1.97. The first-order valence-corrected chi connectivity index (χ1v) is 7.91. The minimum Gasteiger partial charge on any atom is -0.480 e. The van der Waals surface area contributed by atoms with E-state index < -0.39 is 11.5 Å². The summed E-state index contributed by atoms with van der Waals surface area (Å²) in [6.07, 6.45) is 1.22. The van der Waals surface area contributed by atoms with E-state index in [9.17, 15) is 19.5 Å². The highest BCUT2D eigenvalue weighted by Crippen LogP contribution is 2.30. The van der Waals surface area contributed by atoms with Crippen molar-refractivity contribution in [2.24, 2.45) is 0 Å². The molecular weight excluding hydrogens is 302 g/mol. The van der Waals surface area contributed by atoms with Crippen molar-refractivity contribution in [3.05, 3.63) is 0 Å². The zero-order valence-electron chi connectivity index (χ0n) is 13.8. The third-order valence-corrected chi connectivity index (χ3v) is 4.81. The maximum atomic E-state index is 12.5. The van der Waals surface area contributed by atoms with E-state index in [0.717, 1.165) is 6.42 Å². The van der Waals surface area contributed by atoms with Crippen LogP contribution in [0, 0.1) is 0 Å². The number of hydrogen-bond acceptors (Lipinski definition) is 5. The van der Waals surface area contributed by atoms with Gasteiger partial charge in [-0.1, -0.05) is 0 Å². The van der Waals surface area contributed by atoms with Crippen molar-refractivity contribution in [2.45, 2.75) is 25.3 Å². The summed E-state index contributed by atoms with van der Waals surface area (Å²) >= 11 is 0. The molecule has 1 atom stereocenters. The van der Waals surface area contributed by atoms with Crippen LogP contribution in [-0.4, -0.2) is 96.1 Å². The lowest BCUT2D eigenvalue weighted by molar-refractivity contribution is -0.155. The van der Waals surface area contributed by atoms with Gasteiger partial charge >= 0.3 is 5.97 Å². The molecule has 0 aromatic carbocycles. The topological polar surface area (TPSA) is 90.4 Å². The fourth-order valence-electron chi connectivity index (χ4n) is 3.41. The Morgan fingerprint density at radius 2 is 1.70 bits per heavy atom. The molecule has 2 rings (SSSR count). The van der Waals surface area contributed by atoms with Gasteiger partial charge in [-0.15, -0.1) is 0 Å². The van der Waals surface area contributed by atoms with E-state index in [1.54, 1.807) is 14.7 Å². The number of carbonyl (C=O) groups is 3. The first-order chi connectivity index (χ1) is 10.9. The number of carbonyl (C=O) groups excluding carboxylic acids is 2. The second kappa shape index (κ2) is 7.27. The van der Waals surface area contributed by atoms with Crippen LogP contribution in [0.1, 0.15) is 19.8 Å². The Hall–Kier alpha value is -1.67. The number of piperazine rings is 1. The van der Waals surface area contributed by atoms with E-state index in [-0.39, 0.29) is 25.0 Å². The van der Waals surface area contributed by atoms with E-state index in [0.29, 0.717) is 39.1 Å². The van der Waals surface area contributed by atoms with Crippen LogP contribution >= 0.6 is 0 Å². The van der Waals surface area contributed by atoms with Gasteiger partial charge in [-0.25, -0.2) is 0 Å². The number of amides is 2. The molecule has 2 heterocycles. The minimum atomic E-state index is -1.11. The second-order valence-electron chi connectivity index (χ2n) is 6.18. The first-order valence-electron chi connectivity index (χ1n) is 7.91. The summed E-state index contributed by atoms with van der Waals surface area (Å²) < 4.78 is 5.10. The highest BCUT2D eigenvalue weighted by Gasteiger charge is 2.48. The molecule has 0 aromatic rings. The van der Waals surface area contributed by atoms with Gasteiger partial charge in [0.1, 0.15) is 5.54 Å². The average molecular weight is 327 g/mol. The van der Waals surface area contributed by atoms with Gasteiger partial charge in [0.2, 0.25) is 11.8 Å². The van der Waals surface area contributed by atoms with Gasteiger partial charge in [-0.3, -0.25) is 19.3 Å². The maximum absolute atomic E-state index is 12.5. The van der Waals surface area contributed by atoms with Gasteiger partial charge < -0.3 is 19.6 Å². The molecule has 0 bridgehead atoms. The van der Waals surface area contributed by atoms with E-state index in [1.165, 1.54) is 14.0 Å². The van der Waals surface area contributed by atoms with Crippen LogP contribution in [0.2, 0.25) is 0 Å². The van der Waals surface area contributed by atoms with Crippen molar-refractivity contribution in [2.75, 3.05) is 53.0 Å². The Morgan fingerprint density at radius 3 is 2.22 bits per heavy atom. The van der Waals surface area contributed by atoms with Gasteiger partial charge in [0, 0.05) is 40.2 Å². The summed E-state index contributed by atoms with van der Waals surface area (Å²) in [7, 11) is 1.48. The van der Waals surface area contributed by atoms with Gasteiger partial charge in [0.05, 0.1) is 13.2 Å². The molecule has 2 amide bonds. The molecule has 2 saturated heterocycles.